The molecule has 0 aromatic rings. The van der Waals surface area contributed by atoms with E-state index in [0.717, 1.165) is 30.7 Å². The van der Waals surface area contributed by atoms with E-state index in [1.54, 1.807) is 6.08 Å². The van der Waals surface area contributed by atoms with Crippen LogP contribution in [0.15, 0.2) is 34.7 Å². The van der Waals surface area contributed by atoms with Gasteiger partial charge in [0.2, 0.25) is 0 Å². The fraction of sp³-hybridized carbons (Fsp3) is 0.647. The van der Waals surface area contributed by atoms with Crippen molar-refractivity contribution in [2.24, 2.45) is 5.41 Å². The highest BCUT2D eigenvalue weighted by Gasteiger charge is 2.27. The molecule has 0 atom stereocenters. The molecule has 0 heterocycles. The van der Waals surface area contributed by atoms with E-state index < -0.39 is 7.60 Å². The lowest BCUT2D eigenvalue weighted by Gasteiger charge is -2.34. The molecule has 0 bridgehead atoms. The highest BCUT2D eigenvalue weighted by atomic mass is 31.2. The van der Waals surface area contributed by atoms with Crippen molar-refractivity contribution >= 4 is 7.60 Å². The van der Waals surface area contributed by atoms with Gasteiger partial charge in [0.1, 0.15) is 0 Å². The predicted molar refractivity (Wildman–Crippen MR) is 89.1 cm³/mol. The Morgan fingerprint density at radius 3 is 2.57 bits per heavy atom. The average Bonchev–Trinajstić information content (AvgIpc) is 2.33. The molecule has 4 heteroatoms. The van der Waals surface area contributed by atoms with Crippen molar-refractivity contribution in [2.75, 3.05) is 0 Å². The van der Waals surface area contributed by atoms with E-state index in [1.165, 1.54) is 30.4 Å². The third-order valence-corrected chi connectivity index (χ3v) is 4.81. The smallest absolute Gasteiger partial charge is 0.321 e. The van der Waals surface area contributed by atoms with E-state index in [9.17, 15) is 4.57 Å². The summed E-state index contributed by atoms with van der Waals surface area (Å²) in [5.41, 5.74) is 4.23. The van der Waals surface area contributed by atoms with Crippen LogP contribution in [-0.2, 0) is 4.57 Å². The average molecular weight is 312 g/mol. The summed E-state index contributed by atoms with van der Waals surface area (Å²) >= 11 is 0. The van der Waals surface area contributed by atoms with Crippen molar-refractivity contribution in [3.05, 3.63) is 34.7 Å². The SMILES string of the molecule is CCCC(/C=C/P(=O)(O)O)=C\CC1=C(C)CCCC1(C)C. The predicted octanol–water partition coefficient (Wildman–Crippen LogP) is 5.32. The summed E-state index contributed by atoms with van der Waals surface area (Å²) < 4.78 is 11.0. The molecule has 0 unspecified atom stereocenters. The molecule has 0 saturated heterocycles. The molecule has 0 aromatic carbocycles. The third kappa shape index (κ3) is 6.34. The van der Waals surface area contributed by atoms with Crippen LogP contribution >= 0.6 is 7.60 Å². The zero-order chi connectivity index (χ0) is 16.1. The summed E-state index contributed by atoms with van der Waals surface area (Å²) in [6.07, 6.45) is 10.1. The van der Waals surface area contributed by atoms with Crippen LogP contribution in [0.3, 0.4) is 0 Å². The maximum absolute atomic E-state index is 11.0. The Kier molecular flexibility index (Phi) is 6.65. The summed E-state index contributed by atoms with van der Waals surface area (Å²) in [5, 5.41) is 0. The van der Waals surface area contributed by atoms with E-state index in [1.807, 2.05) is 0 Å². The van der Waals surface area contributed by atoms with Crippen molar-refractivity contribution in [1.29, 1.82) is 0 Å². The molecule has 0 amide bonds. The van der Waals surface area contributed by atoms with Gasteiger partial charge in [0.05, 0.1) is 0 Å². The van der Waals surface area contributed by atoms with Gasteiger partial charge in [-0.05, 0) is 44.4 Å². The summed E-state index contributed by atoms with van der Waals surface area (Å²) in [4.78, 5) is 17.9. The van der Waals surface area contributed by atoms with Crippen LogP contribution in [0, 0.1) is 5.41 Å². The van der Waals surface area contributed by atoms with Gasteiger partial charge in [-0.2, -0.15) is 0 Å². The minimum absolute atomic E-state index is 0.239. The first kappa shape index (κ1) is 18.4. The molecule has 2 N–H and O–H groups in total. The quantitative estimate of drug-likeness (QED) is 0.396. The topological polar surface area (TPSA) is 57.5 Å². The van der Waals surface area contributed by atoms with Crippen LogP contribution in [0.25, 0.3) is 0 Å². The summed E-state index contributed by atoms with van der Waals surface area (Å²) in [6.45, 7) is 8.89. The fourth-order valence-corrected chi connectivity index (χ4v) is 3.48. The van der Waals surface area contributed by atoms with E-state index in [4.69, 9.17) is 9.79 Å². The zero-order valence-corrected chi connectivity index (χ0v) is 14.6. The van der Waals surface area contributed by atoms with Crippen LogP contribution in [0.2, 0.25) is 0 Å². The normalized spacial score (nSPS) is 20.4. The van der Waals surface area contributed by atoms with Gasteiger partial charge in [-0.25, -0.2) is 0 Å². The van der Waals surface area contributed by atoms with Gasteiger partial charge in [0.15, 0.2) is 0 Å². The van der Waals surface area contributed by atoms with Crippen LogP contribution < -0.4 is 0 Å². The summed E-state index contributed by atoms with van der Waals surface area (Å²) in [7, 11) is -4.07. The largest absolute Gasteiger partial charge is 0.349 e. The first-order valence-corrected chi connectivity index (χ1v) is 9.46. The number of hydrogen-bond donors (Lipinski definition) is 2. The Balaban J connectivity index is 2.92. The number of rotatable bonds is 6. The van der Waals surface area contributed by atoms with Crippen LogP contribution in [-0.4, -0.2) is 9.79 Å². The second-order valence-electron chi connectivity index (χ2n) is 6.63. The van der Waals surface area contributed by atoms with Gasteiger partial charge < -0.3 is 9.79 Å². The maximum Gasteiger partial charge on any atom is 0.349 e. The molecule has 0 fully saturated rings. The standard InChI is InChI=1S/C17H29O3P/c1-5-7-15(11-13-21(18,19)20)9-10-16-14(2)8-6-12-17(16,3)4/h9,11,13H,5-8,10,12H2,1-4H3,(H2,18,19,20)/b13-11+,15-9+. The molecule has 0 aromatic heterocycles. The van der Waals surface area contributed by atoms with Crippen molar-refractivity contribution in [2.45, 2.75) is 66.2 Å². The van der Waals surface area contributed by atoms with Crippen LogP contribution in [0.4, 0.5) is 0 Å². The summed E-state index contributed by atoms with van der Waals surface area (Å²) in [6, 6.07) is 0. The van der Waals surface area contributed by atoms with Gasteiger partial charge >= 0.3 is 7.60 Å². The van der Waals surface area contributed by atoms with Crippen molar-refractivity contribution in [1.82, 2.24) is 0 Å². The number of hydrogen-bond acceptors (Lipinski definition) is 1. The zero-order valence-electron chi connectivity index (χ0n) is 13.7. The molecule has 1 rings (SSSR count). The Hall–Kier alpha value is -0.630. The van der Waals surface area contributed by atoms with Gasteiger partial charge in [0, 0.05) is 5.82 Å². The molecular weight excluding hydrogens is 283 g/mol. The minimum atomic E-state index is -4.07. The fourth-order valence-electron chi connectivity index (χ4n) is 3.09. The summed E-state index contributed by atoms with van der Waals surface area (Å²) in [5.74, 6) is 1.02. The van der Waals surface area contributed by atoms with E-state index >= 15 is 0 Å². The van der Waals surface area contributed by atoms with Crippen molar-refractivity contribution in [3.8, 4) is 0 Å². The van der Waals surface area contributed by atoms with Gasteiger partial charge in [0.25, 0.3) is 0 Å². The van der Waals surface area contributed by atoms with Crippen LogP contribution in [0.1, 0.15) is 66.2 Å². The lowest BCUT2D eigenvalue weighted by atomic mass is 9.71. The molecule has 0 saturated carbocycles. The Bertz CT molecular complexity index is 492. The molecule has 1 aliphatic carbocycles. The van der Waals surface area contributed by atoms with E-state index in [-0.39, 0.29) is 5.41 Å². The van der Waals surface area contributed by atoms with E-state index in [0.29, 0.717) is 0 Å². The third-order valence-electron chi connectivity index (χ3n) is 4.28. The molecule has 0 spiro atoms. The lowest BCUT2D eigenvalue weighted by molar-refractivity contribution is 0.360. The Morgan fingerprint density at radius 2 is 2.05 bits per heavy atom. The monoisotopic (exact) mass is 312 g/mol. The van der Waals surface area contributed by atoms with Crippen LogP contribution in [0.5, 0.6) is 0 Å². The molecule has 21 heavy (non-hydrogen) atoms. The molecule has 3 nitrogen and oxygen atoms in total. The number of allylic oxidation sites excluding steroid dienone is 5. The second-order valence-corrected chi connectivity index (χ2v) is 8.11. The molecule has 0 aliphatic heterocycles. The Labute approximate surface area is 129 Å². The Morgan fingerprint density at radius 1 is 1.38 bits per heavy atom. The highest BCUT2D eigenvalue weighted by Crippen LogP contribution is 2.42. The second kappa shape index (κ2) is 7.58. The minimum Gasteiger partial charge on any atom is -0.321 e. The van der Waals surface area contributed by atoms with Crippen molar-refractivity contribution < 1.29 is 14.4 Å². The van der Waals surface area contributed by atoms with Gasteiger partial charge in [-0.3, -0.25) is 4.57 Å². The molecular formula is C17H29O3P. The van der Waals surface area contributed by atoms with Gasteiger partial charge in [-0.15, -0.1) is 0 Å². The highest BCUT2D eigenvalue weighted by molar-refractivity contribution is 7.55. The maximum atomic E-state index is 11.0. The van der Waals surface area contributed by atoms with E-state index in [2.05, 4.69) is 33.8 Å². The lowest BCUT2D eigenvalue weighted by Crippen LogP contribution is -2.20. The molecule has 120 valence electrons. The van der Waals surface area contributed by atoms with Gasteiger partial charge in [-0.1, -0.05) is 56.1 Å². The first-order valence-electron chi connectivity index (χ1n) is 7.78. The first-order chi connectivity index (χ1) is 9.65. The van der Waals surface area contributed by atoms with Crippen molar-refractivity contribution in [3.63, 3.8) is 0 Å². The molecule has 0 radical (unpaired) electrons. The molecule has 1 aliphatic rings.